The van der Waals surface area contributed by atoms with E-state index in [0.29, 0.717) is 0 Å². The highest BCUT2D eigenvalue weighted by Gasteiger charge is 2.32. The van der Waals surface area contributed by atoms with Crippen LogP contribution in [-0.2, 0) is 13.2 Å². The van der Waals surface area contributed by atoms with Crippen LogP contribution in [0.1, 0.15) is 21.7 Å². The zero-order chi connectivity index (χ0) is 13.3. The third-order valence-electron chi connectivity index (χ3n) is 2.26. The predicted octanol–water partition coefficient (Wildman–Crippen LogP) is 1.46. The van der Waals surface area contributed by atoms with Crippen LogP contribution >= 0.6 is 0 Å². The van der Waals surface area contributed by atoms with E-state index >= 15 is 0 Å². The third-order valence-corrected chi connectivity index (χ3v) is 2.26. The van der Waals surface area contributed by atoms with E-state index in [0.717, 1.165) is 18.3 Å². The molecule has 2 aromatic heterocycles. The average Bonchev–Trinajstić information content (AvgIpc) is 2.73. The Hall–Kier alpha value is -2.25. The molecule has 0 unspecified atom stereocenters. The molecule has 0 aliphatic heterocycles. The van der Waals surface area contributed by atoms with E-state index in [1.54, 1.807) is 0 Å². The van der Waals surface area contributed by atoms with Gasteiger partial charge in [-0.25, -0.2) is 4.68 Å². The highest BCUT2D eigenvalue weighted by atomic mass is 19.4. The van der Waals surface area contributed by atoms with Crippen LogP contribution in [0.2, 0.25) is 0 Å². The van der Waals surface area contributed by atoms with Gasteiger partial charge in [0.2, 0.25) is 5.78 Å². The van der Waals surface area contributed by atoms with Gasteiger partial charge in [0.1, 0.15) is 11.4 Å². The van der Waals surface area contributed by atoms with Gasteiger partial charge >= 0.3 is 6.18 Å². The Morgan fingerprint density at radius 2 is 2.00 bits per heavy atom. The van der Waals surface area contributed by atoms with Crippen molar-refractivity contribution in [1.29, 1.82) is 0 Å². The van der Waals surface area contributed by atoms with Crippen LogP contribution < -0.4 is 0 Å². The summed E-state index contributed by atoms with van der Waals surface area (Å²) < 4.78 is 38.1. The van der Waals surface area contributed by atoms with Crippen molar-refractivity contribution in [3.8, 4) is 0 Å². The number of rotatable bonds is 2. The molecule has 0 aromatic carbocycles. The molecule has 94 valence electrons. The smallest absolute Gasteiger partial charge is 0.287 e. The molecule has 0 saturated carbocycles. The van der Waals surface area contributed by atoms with Crippen LogP contribution in [0.4, 0.5) is 13.2 Å². The number of hydrogen-bond donors (Lipinski definition) is 0. The van der Waals surface area contributed by atoms with E-state index in [2.05, 4.69) is 15.3 Å². The number of carbonyl (C=O) groups excluding carboxylic acids is 1. The van der Waals surface area contributed by atoms with Gasteiger partial charge in [0.05, 0.1) is 6.20 Å². The molecule has 0 amide bonds. The molecule has 5 nitrogen and oxygen atoms in total. The van der Waals surface area contributed by atoms with Crippen LogP contribution in [0, 0.1) is 0 Å². The number of nitrogens with zero attached hydrogens (tertiary/aromatic N) is 4. The fraction of sp³-hybridized carbons (Fsp3) is 0.200. The summed E-state index contributed by atoms with van der Waals surface area (Å²) in [7, 11) is 1.51. The third kappa shape index (κ3) is 2.22. The summed E-state index contributed by atoms with van der Waals surface area (Å²) in [5.74, 6) is -0.483. The second-order valence-corrected chi connectivity index (χ2v) is 3.50. The second kappa shape index (κ2) is 4.21. The fourth-order valence-corrected chi connectivity index (χ4v) is 1.34. The fourth-order valence-electron chi connectivity index (χ4n) is 1.34. The Bertz CT molecular complexity index is 574. The Labute approximate surface area is 99.3 Å². The number of halogens is 3. The molecule has 0 spiro atoms. The van der Waals surface area contributed by atoms with E-state index in [4.69, 9.17) is 0 Å². The highest BCUT2D eigenvalue weighted by Crippen LogP contribution is 2.27. The van der Waals surface area contributed by atoms with Crippen molar-refractivity contribution in [2.45, 2.75) is 6.18 Å². The van der Waals surface area contributed by atoms with Crippen molar-refractivity contribution in [3.05, 3.63) is 41.5 Å². The Morgan fingerprint density at radius 1 is 1.28 bits per heavy atom. The summed E-state index contributed by atoms with van der Waals surface area (Å²) in [6, 6.07) is 1.84. The molecule has 2 aromatic rings. The summed E-state index contributed by atoms with van der Waals surface area (Å²) in [6.45, 7) is 0. The number of ketones is 1. The Kier molecular flexibility index (Phi) is 2.85. The van der Waals surface area contributed by atoms with Crippen molar-refractivity contribution in [2.75, 3.05) is 0 Å². The number of pyridine rings is 1. The molecule has 0 radical (unpaired) electrons. The zero-order valence-electron chi connectivity index (χ0n) is 9.14. The molecular weight excluding hydrogens is 249 g/mol. The monoisotopic (exact) mass is 256 g/mol. The normalized spacial score (nSPS) is 11.6. The SMILES string of the molecule is Cn1nncc1C(=O)c1ccc(C(F)(F)F)nc1. The first-order chi connectivity index (χ1) is 8.39. The van der Waals surface area contributed by atoms with Crippen LogP contribution in [0.5, 0.6) is 0 Å². The molecule has 2 heterocycles. The first kappa shape index (κ1) is 12.2. The van der Waals surface area contributed by atoms with Gasteiger partial charge in [-0.1, -0.05) is 5.21 Å². The highest BCUT2D eigenvalue weighted by molar-refractivity contribution is 6.07. The van der Waals surface area contributed by atoms with Gasteiger partial charge in [-0.2, -0.15) is 13.2 Å². The quantitative estimate of drug-likeness (QED) is 0.763. The minimum Gasteiger partial charge on any atom is -0.287 e. The van der Waals surface area contributed by atoms with E-state index < -0.39 is 17.7 Å². The van der Waals surface area contributed by atoms with Crippen molar-refractivity contribution in [3.63, 3.8) is 0 Å². The predicted molar refractivity (Wildman–Crippen MR) is 53.7 cm³/mol. The molecule has 0 N–H and O–H groups in total. The van der Waals surface area contributed by atoms with Crippen molar-refractivity contribution in [2.24, 2.45) is 7.05 Å². The lowest BCUT2D eigenvalue weighted by Crippen LogP contribution is -2.11. The summed E-state index contributed by atoms with van der Waals surface area (Å²) in [4.78, 5) is 15.1. The lowest BCUT2D eigenvalue weighted by molar-refractivity contribution is -0.141. The summed E-state index contributed by atoms with van der Waals surface area (Å²) in [6.07, 6.45) is -2.40. The van der Waals surface area contributed by atoms with Gasteiger partial charge in [-0.15, -0.1) is 5.10 Å². The van der Waals surface area contributed by atoms with Gasteiger partial charge in [-0.05, 0) is 12.1 Å². The van der Waals surface area contributed by atoms with E-state index in [9.17, 15) is 18.0 Å². The summed E-state index contributed by atoms with van der Waals surface area (Å²) in [5.41, 5.74) is -0.813. The van der Waals surface area contributed by atoms with Crippen molar-refractivity contribution >= 4 is 5.78 Å². The minimum atomic E-state index is -4.52. The maximum absolute atomic E-state index is 12.3. The first-order valence-corrected chi connectivity index (χ1v) is 4.82. The number of hydrogen-bond acceptors (Lipinski definition) is 4. The van der Waals surface area contributed by atoms with Crippen molar-refractivity contribution in [1.82, 2.24) is 20.0 Å². The second-order valence-electron chi connectivity index (χ2n) is 3.50. The molecule has 0 aliphatic carbocycles. The van der Waals surface area contributed by atoms with Gasteiger partial charge in [-0.3, -0.25) is 9.78 Å². The molecule has 8 heteroatoms. The maximum Gasteiger partial charge on any atom is 0.433 e. The molecule has 0 atom stereocenters. The number of alkyl halides is 3. The first-order valence-electron chi connectivity index (χ1n) is 4.82. The summed E-state index contributed by atoms with van der Waals surface area (Å²) >= 11 is 0. The molecular formula is C10H7F3N4O. The topological polar surface area (TPSA) is 60.7 Å². The molecule has 18 heavy (non-hydrogen) atoms. The minimum absolute atomic E-state index is 0.0494. The van der Waals surface area contributed by atoms with Gasteiger partial charge in [0.15, 0.2) is 0 Å². The van der Waals surface area contributed by atoms with Crippen LogP contribution in [0.25, 0.3) is 0 Å². The number of carbonyl (C=O) groups is 1. The van der Waals surface area contributed by atoms with E-state index in [1.165, 1.54) is 17.9 Å². The van der Waals surface area contributed by atoms with E-state index in [1.807, 2.05) is 0 Å². The number of aryl methyl sites for hydroxylation is 1. The maximum atomic E-state index is 12.3. The van der Waals surface area contributed by atoms with Crippen molar-refractivity contribution < 1.29 is 18.0 Å². The lowest BCUT2D eigenvalue weighted by Gasteiger charge is -2.05. The number of aromatic nitrogens is 4. The molecule has 0 bridgehead atoms. The Morgan fingerprint density at radius 3 is 2.44 bits per heavy atom. The largest absolute Gasteiger partial charge is 0.433 e. The van der Waals surface area contributed by atoms with E-state index in [-0.39, 0.29) is 11.3 Å². The molecule has 0 aliphatic rings. The van der Waals surface area contributed by atoms with Gasteiger partial charge < -0.3 is 0 Å². The Balaban J connectivity index is 2.31. The van der Waals surface area contributed by atoms with Gasteiger partial charge in [0.25, 0.3) is 0 Å². The van der Waals surface area contributed by atoms with Crippen LogP contribution in [-0.4, -0.2) is 25.8 Å². The molecule has 0 saturated heterocycles. The zero-order valence-corrected chi connectivity index (χ0v) is 9.14. The lowest BCUT2D eigenvalue weighted by atomic mass is 10.1. The average molecular weight is 256 g/mol. The van der Waals surface area contributed by atoms with Crippen LogP contribution in [0.3, 0.4) is 0 Å². The summed E-state index contributed by atoms with van der Waals surface area (Å²) in [5, 5.41) is 7.08. The molecule has 0 fully saturated rings. The standard InChI is InChI=1S/C10H7F3N4O/c1-17-7(5-15-16-17)9(18)6-2-3-8(14-4-6)10(11,12)13/h2-5H,1H3. The van der Waals surface area contributed by atoms with Crippen LogP contribution in [0.15, 0.2) is 24.5 Å². The molecule has 2 rings (SSSR count). The van der Waals surface area contributed by atoms with Gasteiger partial charge in [0, 0.05) is 18.8 Å².